The van der Waals surface area contributed by atoms with E-state index in [1.54, 1.807) is 62.4 Å². The summed E-state index contributed by atoms with van der Waals surface area (Å²) in [5.41, 5.74) is -1.01. The molecule has 3 heterocycles. The van der Waals surface area contributed by atoms with E-state index in [-0.39, 0.29) is 24.3 Å². The summed E-state index contributed by atoms with van der Waals surface area (Å²) < 4.78 is 31.3. The Morgan fingerprint density at radius 2 is 1.79 bits per heavy atom. The lowest BCUT2D eigenvalue weighted by Crippen LogP contribution is -2.78. The van der Waals surface area contributed by atoms with Gasteiger partial charge >= 0.3 is 0 Å². The van der Waals surface area contributed by atoms with E-state index in [0.29, 0.717) is 16.7 Å². The van der Waals surface area contributed by atoms with Crippen molar-refractivity contribution in [1.29, 1.82) is 0 Å². The third-order valence-corrected chi connectivity index (χ3v) is 9.43. The molecule has 3 fully saturated rings. The highest BCUT2D eigenvalue weighted by molar-refractivity contribution is 6.00. The number of aliphatic hydroxyl groups excluding tert-OH is 1. The largest absolute Gasteiger partial charge is 0.508 e. The topological polar surface area (TPSA) is 123 Å². The maximum atomic E-state index is 15.7. The van der Waals surface area contributed by atoms with E-state index in [1.165, 1.54) is 25.4 Å². The van der Waals surface area contributed by atoms with E-state index in [2.05, 4.69) is 10.3 Å². The number of amides is 3. The first-order chi connectivity index (χ1) is 20.3. The number of benzene rings is 2. The van der Waals surface area contributed by atoms with Crippen LogP contribution in [0.1, 0.15) is 51.9 Å². The number of aryl methyl sites for hydroxylation is 1. The fourth-order valence-electron chi connectivity index (χ4n) is 6.74. The molecule has 9 nitrogen and oxygen atoms in total. The fourth-order valence-corrected chi connectivity index (χ4v) is 6.74. The molecule has 1 aliphatic carbocycles. The number of likely N-dealkylation sites (tertiary alicyclic amines) is 2. The van der Waals surface area contributed by atoms with Gasteiger partial charge in [0.05, 0.1) is 12.1 Å². The molecule has 43 heavy (non-hydrogen) atoms. The van der Waals surface area contributed by atoms with Gasteiger partial charge in [0.2, 0.25) is 5.91 Å². The number of halogens is 2. The first-order valence-electron chi connectivity index (χ1n) is 14.1. The molecule has 3 aromatic rings. The third-order valence-electron chi connectivity index (χ3n) is 9.43. The Hall–Kier alpha value is -4.38. The summed E-state index contributed by atoms with van der Waals surface area (Å²) in [5, 5.41) is 24.7. The first kappa shape index (κ1) is 28.7. The summed E-state index contributed by atoms with van der Waals surface area (Å²) in [6.07, 6.45) is 1.26. The van der Waals surface area contributed by atoms with E-state index in [1.807, 2.05) is 0 Å². The van der Waals surface area contributed by atoms with Crippen molar-refractivity contribution in [3.8, 4) is 5.75 Å². The van der Waals surface area contributed by atoms with E-state index in [4.69, 9.17) is 0 Å². The summed E-state index contributed by atoms with van der Waals surface area (Å²) >= 11 is 0. The number of hydrogen-bond donors (Lipinski definition) is 3. The number of phenolic OH excluding ortho intramolecular Hbond substituents is 1. The van der Waals surface area contributed by atoms with Crippen LogP contribution in [0, 0.1) is 13.8 Å². The first-order valence-corrected chi connectivity index (χ1v) is 14.1. The van der Waals surface area contributed by atoms with Crippen LogP contribution < -0.4 is 5.32 Å². The molecule has 6 rings (SSSR count). The van der Waals surface area contributed by atoms with Crippen LogP contribution in [0.5, 0.6) is 5.75 Å². The number of β-lactam (4-membered cyclic amide) rings is 1. The van der Waals surface area contributed by atoms with Crippen molar-refractivity contribution in [2.75, 3.05) is 6.54 Å². The second-order valence-corrected chi connectivity index (χ2v) is 12.0. The van der Waals surface area contributed by atoms with Crippen molar-refractivity contribution >= 4 is 17.7 Å². The molecule has 2 saturated heterocycles. The Kier molecular flexibility index (Phi) is 6.57. The molecule has 0 spiro atoms. The number of aliphatic hydroxyl groups is 1. The standard InChI is InChI=1S/C32H32F2N4O5/c1-18-13-22(19(2)24(39)14-18)27(41)36-31(15-23(31)21-7-5-4-6-8-21)26(40)29(43)37-17-32(33,34)30(3)25(37)28(42)38(30)16-20-9-11-35-12-10-20/h4-14,23,25-26,39-40H,15-17H2,1-3H3,(H,36,41)/t23-,25?,26+,30?,31?/m0/s1. The number of aromatic nitrogens is 1. The van der Waals surface area contributed by atoms with Crippen LogP contribution >= 0.6 is 0 Å². The number of nitrogens with one attached hydrogen (secondary N) is 1. The van der Waals surface area contributed by atoms with Crippen LogP contribution in [0.2, 0.25) is 0 Å². The summed E-state index contributed by atoms with van der Waals surface area (Å²) in [4.78, 5) is 46.5. The van der Waals surface area contributed by atoms with Gasteiger partial charge in [-0.1, -0.05) is 30.3 Å². The quantitative estimate of drug-likeness (QED) is 0.364. The van der Waals surface area contributed by atoms with Crippen molar-refractivity contribution in [3.63, 3.8) is 0 Å². The number of pyridine rings is 1. The minimum Gasteiger partial charge on any atom is -0.508 e. The number of aromatic hydroxyl groups is 1. The molecule has 3 aliphatic rings. The Balaban J connectivity index is 1.30. The molecule has 5 atom stereocenters. The highest BCUT2D eigenvalue weighted by Gasteiger charge is 2.78. The van der Waals surface area contributed by atoms with Gasteiger partial charge in [0.15, 0.2) is 6.10 Å². The van der Waals surface area contributed by atoms with Crippen LogP contribution in [0.25, 0.3) is 0 Å². The number of rotatable bonds is 7. The molecule has 0 bridgehead atoms. The molecular formula is C32H32F2N4O5. The molecule has 3 unspecified atom stereocenters. The van der Waals surface area contributed by atoms with Gasteiger partial charge in [-0.2, -0.15) is 0 Å². The van der Waals surface area contributed by atoms with Crippen LogP contribution in [0.15, 0.2) is 67.0 Å². The van der Waals surface area contributed by atoms with Gasteiger partial charge < -0.3 is 25.3 Å². The van der Waals surface area contributed by atoms with Gasteiger partial charge in [0.25, 0.3) is 17.7 Å². The zero-order valence-corrected chi connectivity index (χ0v) is 23.9. The Bertz CT molecular complexity index is 1620. The summed E-state index contributed by atoms with van der Waals surface area (Å²) in [7, 11) is 0. The molecule has 224 valence electrons. The third kappa shape index (κ3) is 4.28. The molecule has 0 radical (unpaired) electrons. The zero-order chi connectivity index (χ0) is 30.9. The van der Waals surface area contributed by atoms with Crippen molar-refractivity contribution < 1.29 is 33.4 Å². The number of hydrogen-bond acceptors (Lipinski definition) is 6. The predicted molar refractivity (Wildman–Crippen MR) is 151 cm³/mol. The number of fused-ring (bicyclic) bond motifs is 1. The highest BCUT2D eigenvalue weighted by atomic mass is 19.3. The predicted octanol–water partition coefficient (Wildman–Crippen LogP) is 3.07. The van der Waals surface area contributed by atoms with Gasteiger partial charge in [-0.3, -0.25) is 19.4 Å². The van der Waals surface area contributed by atoms with Crippen molar-refractivity contribution in [3.05, 3.63) is 94.8 Å². The van der Waals surface area contributed by atoms with E-state index in [9.17, 15) is 24.6 Å². The monoisotopic (exact) mass is 590 g/mol. The second kappa shape index (κ2) is 9.84. The molecule has 1 saturated carbocycles. The van der Waals surface area contributed by atoms with Crippen molar-refractivity contribution in [2.24, 2.45) is 0 Å². The number of phenols is 1. The summed E-state index contributed by atoms with van der Waals surface area (Å²) in [6.45, 7) is 3.42. The van der Waals surface area contributed by atoms with Crippen molar-refractivity contribution in [1.82, 2.24) is 20.1 Å². The smallest absolute Gasteiger partial charge is 0.290 e. The average Bonchev–Trinajstić information content (AvgIpc) is 3.67. The van der Waals surface area contributed by atoms with Crippen LogP contribution in [0.3, 0.4) is 0 Å². The van der Waals surface area contributed by atoms with Crippen molar-refractivity contribution in [2.45, 2.75) is 68.8 Å². The maximum absolute atomic E-state index is 15.7. The van der Waals surface area contributed by atoms with E-state index in [0.717, 1.165) is 15.4 Å². The molecule has 2 aromatic carbocycles. The highest BCUT2D eigenvalue weighted by Crippen LogP contribution is 2.57. The van der Waals surface area contributed by atoms with Crippen LogP contribution in [-0.4, -0.2) is 78.4 Å². The van der Waals surface area contributed by atoms with Gasteiger partial charge in [0, 0.05) is 36.0 Å². The van der Waals surface area contributed by atoms with Gasteiger partial charge in [-0.15, -0.1) is 0 Å². The normalized spacial score (nSPS) is 27.7. The van der Waals surface area contributed by atoms with Crippen LogP contribution in [0.4, 0.5) is 8.78 Å². The molecular weight excluding hydrogens is 558 g/mol. The molecule has 3 N–H and O–H groups in total. The molecule has 1 aromatic heterocycles. The number of alkyl halides is 2. The Morgan fingerprint density at radius 3 is 2.47 bits per heavy atom. The maximum Gasteiger partial charge on any atom is 0.290 e. The summed E-state index contributed by atoms with van der Waals surface area (Å²) in [5.74, 6) is -6.34. The van der Waals surface area contributed by atoms with Gasteiger partial charge in [-0.05, 0) is 68.1 Å². The Morgan fingerprint density at radius 1 is 1.12 bits per heavy atom. The zero-order valence-electron chi connectivity index (χ0n) is 23.9. The van der Waals surface area contributed by atoms with E-state index >= 15 is 8.78 Å². The SMILES string of the molecule is Cc1cc(O)c(C)c(C(=O)NC2([C@H](O)C(=O)N3CC(F)(F)C4(C)C3C(=O)N4Cc3ccncc3)C[C@H]2c2ccccc2)c1. The number of carbonyl (C=O) groups is 3. The minimum atomic E-state index is -3.46. The lowest BCUT2D eigenvalue weighted by molar-refractivity contribution is -0.193. The molecule has 3 amide bonds. The van der Waals surface area contributed by atoms with Gasteiger partial charge in [0.1, 0.15) is 17.3 Å². The average molecular weight is 591 g/mol. The molecule has 2 aliphatic heterocycles. The summed E-state index contributed by atoms with van der Waals surface area (Å²) in [6, 6.07) is 13.9. The number of nitrogens with zero attached hydrogens (tertiary/aromatic N) is 3. The minimum absolute atomic E-state index is 0.0761. The lowest BCUT2D eigenvalue weighted by Gasteiger charge is -2.54. The number of carbonyl (C=O) groups excluding carboxylic acids is 3. The second-order valence-electron chi connectivity index (χ2n) is 12.0. The lowest BCUT2D eigenvalue weighted by atomic mass is 9.77. The molecule has 11 heteroatoms. The van der Waals surface area contributed by atoms with E-state index < -0.39 is 59.3 Å². The van der Waals surface area contributed by atoms with Gasteiger partial charge in [-0.25, -0.2) is 8.78 Å². The Labute approximate surface area is 247 Å². The fraction of sp³-hybridized carbons (Fsp3) is 0.375. The van der Waals surface area contributed by atoms with Crippen LogP contribution in [-0.2, 0) is 16.1 Å².